The number of nitrogens with zero attached hydrogens (tertiary/aromatic N) is 1. The summed E-state index contributed by atoms with van der Waals surface area (Å²) in [5, 5.41) is 10.8. The molecule has 3 heterocycles. The Morgan fingerprint density at radius 1 is 1.21 bits per heavy atom. The number of ketones is 1. The van der Waals surface area contributed by atoms with Gasteiger partial charge in [0.15, 0.2) is 11.5 Å². The number of Topliss-reactive ketones (excluding diaryl/α,β-unsaturated/α-hetero) is 1. The van der Waals surface area contributed by atoms with Gasteiger partial charge in [-0.3, -0.25) is 9.59 Å². The Hall–Kier alpha value is -3.30. The molecule has 1 saturated heterocycles. The summed E-state index contributed by atoms with van der Waals surface area (Å²) in [6.45, 7) is 4.53. The number of carbonyl (C=O) groups excluding carboxylic acids is 2. The standard InChI is InChI=1S/C24H28N2O7/c1-30-16-6-7-18(31-2)17(15-16)21-20(22(27)19-5-3-12-33-19)23(28)24(29)26(21)9-4-8-25-10-13-32-14-11-25/h3,5-7,12,15,21,28H,4,8-11,13-14H2,1-2H3/p+1/t21-/m1/s1. The van der Waals surface area contributed by atoms with E-state index in [0.717, 1.165) is 32.8 Å². The fraction of sp³-hybridized carbons (Fsp3) is 0.417. The third kappa shape index (κ3) is 4.60. The minimum atomic E-state index is -0.833. The van der Waals surface area contributed by atoms with Crippen molar-refractivity contribution in [3.05, 3.63) is 59.3 Å². The van der Waals surface area contributed by atoms with Crippen molar-refractivity contribution in [1.29, 1.82) is 0 Å². The van der Waals surface area contributed by atoms with Crippen LogP contribution in [0.25, 0.3) is 0 Å². The smallest absolute Gasteiger partial charge is 0.290 e. The van der Waals surface area contributed by atoms with E-state index in [1.165, 1.54) is 36.3 Å². The molecule has 9 heteroatoms. The molecule has 0 radical (unpaired) electrons. The van der Waals surface area contributed by atoms with Gasteiger partial charge in [-0.2, -0.15) is 0 Å². The maximum atomic E-state index is 13.3. The fourth-order valence-corrected chi connectivity index (χ4v) is 4.44. The van der Waals surface area contributed by atoms with Crippen LogP contribution in [-0.4, -0.2) is 75.3 Å². The lowest BCUT2D eigenvalue weighted by atomic mass is 9.94. The molecule has 9 nitrogen and oxygen atoms in total. The first-order valence-corrected chi connectivity index (χ1v) is 11.0. The highest BCUT2D eigenvalue weighted by atomic mass is 16.5. The Morgan fingerprint density at radius 2 is 2.00 bits per heavy atom. The lowest BCUT2D eigenvalue weighted by Crippen LogP contribution is -3.14. The second-order valence-electron chi connectivity index (χ2n) is 8.04. The van der Waals surface area contributed by atoms with E-state index < -0.39 is 23.5 Å². The van der Waals surface area contributed by atoms with E-state index in [0.29, 0.717) is 30.0 Å². The van der Waals surface area contributed by atoms with Gasteiger partial charge in [-0.15, -0.1) is 0 Å². The number of aliphatic hydroxyl groups is 1. The molecule has 0 saturated carbocycles. The minimum absolute atomic E-state index is 0.0276. The molecular weight excluding hydrogens is 428 g/mol. The van der Waals surface area contributed by atoms with E-state index in [1.807, 2.05) is 0 Å². The number of aliphatic hydroxyl groups excluding tert-OH is 1. The Bertz CT molecular complexity index is 1030. The topological polar surface area (TPSA) is 103 Å². The van der Waals surface area contributed by atoms with Crippen LogP contribution in [-0.2, 0) is 9.53 Å². The number of nitrogens with one attached hydrogen (secondary N) is 1. The first kappa shape index (κ1) is 22.9. The van der Waals surface area contributed by atoms with Crippen molar-refractivity contribution in [2.75, 3.05) is 53.6 Å². The van der Waals surface area contributed by atoms with Crippen molar-refractivity contribution in [1.82, 2.24) is 4.90 Å². The molecule has 176 valence electrons. The predicted molar refractivity (Wildman–Crippen MR) is 118 cm³/mol. The van der Waals surface area contributed by atoms with E-state index in [4.69, 9.17) is 18.6 Å². The molecule has 1 fully saturated rings. The van der Waals surface area contributed by atoms with Crippen LogP contribution in [0.15, 0.2) is 52.3 Å². The first-order valence-electron chi connectivity index (χ1n) is 11.0. The maximum Gasteiger partial charge on any atom is 0.290 e. The molecule has 1 aromatic carbocycles. The number of ether oxygens (including phenoxy) is 3. The molecule has 1 atom stereocenters. The van der Waals surface area contributed by atoms with Crippen molar-refractivity contribution in [2.45, 2.75) is 12.5 Å². The molecule has 2 aliphatic heterocycles. The van der Waals surface area contributed by atoms with Gasteiger partial charge in [-0.1, -0.05) is 0 Å². The molecular formula is C24H29N2O7+. The van der Waals surface area contributed by atoms with Gasteiger partial charge in [-0.25, -0.2) is 0 Å². The Morgan fingerprint density at radius 3 is 2.67 bits per heavy atom. The van der Waals surface area contributed by atoms with Crippen molar-refractivity contribution in [2.24, 2.45) is 0 Å². The average Bonchev–Trinajstić information content (AvgIpc) is 3.47. The van der Waals surface area contributed by atoms with Crippen molar-refractivity contribution in [3.63, 3.8) is 0 Å². The van der Waals surface area contributed by atoms with E-state index in [1.54, 1.807) is 24.3 Å². The van der Waals surface area contributed by atoms with Crippen molar-refractivity contribution in [3.8, 4) is 11.5 Å². The third-order valence-corrected chi connectivity index (χ3v) is 6.15. The zero-order valence-corrected chi connectivity index (χ0v) is 18.8. The summed E-state index contributed by atoms with van der Waals surface area (Å²) in [7, 11) is 3.06. The second-order valence-corrected chi connectivity index (χ2v) is 8.04. The van der Waals surface area contributed by atoms with Crippen LogP contribution in [0.5, 0.6) is 11.5 Å². The average molecular weight is 458 g/mol. The van der Waals surface area contributed by atoms with Gasteiger partial charge >= 0.3 is 0 Å². The van der Waals surface area contributed by atoms with Crippen LogP contribution in [0.2, 0.25) is 0 Å². The summed E-state index contributed by atoms with van der Waals surface area (Å²) in [6.07, 6.45) is 2.09. The van der Waals surface area contributed by atoms with Gasteiger partial charge in [0.1, 0.15) is 24.6 Å². The van der Waals surface area contributed by atoms with Crippen molar-refractivity contribution >= 4 is 11.7 Å². The summed E-state index contributed by atoms with van der Waals surface area (Å²) >= 11 is 0. The first-order chi connectivity index (χ1) is 16.0. The molecule has 0 unspecified atom stereocenters. The lowest BCUT2D eigenvalue weighted by molar-refractivity contribution is -0.908. The predicted octanol–water partition coefficient (Wildman–Crippen LogP) is 1.18. The summed E-state index contributed by atoms with van der Waals surface area (Å²) in [5.74, 6) is -0.608. The highest BCUT2D eigenvalue weighted by Crippen LogP contribution is 2.43. The second kappa shape index (κ2) is 10.1. The summed E-state index contributed by atoms with van der Waals surface area (Å²) in [6, 6.07) is 7.45. The van der Waals surface area contributed by atoms with Gasteiger partial charge in [0.25, 0.3) is 5.91 Å². The number of amides is 1. The van der Waals surface area contributed by atoms with Crippen molar-refractivity contribution < 1.29 is 38.2 Å². The van der Waals surface area contributed by atoms with E-state index in [-0.39, 0.29) is 11.3 Å². The Kier molecular flexibility index (Phi) is 7.00. The summed E-state index contributed by atoms with van der Waals surface area (Å²) in [4.78, 5) is 29.4. The fourth-order valence-electron chi connectivity index (χ4n) is 4.44. The minimum Gasteiger partial charge on any atom is -0.503 e. The Labute approximate surface area is 192 Å². The molecule has 2 aromatic rings. The zero-order chi connectivity index (χ0) is 23.4. The van der Waals surface area contributed by atoms with Crippen LogP contribution in [0.4, 0.5) is 0 Å². The number of furan rings is 1. The molecule has 33 heavy (non-hydrogen) atoms. The number of morpholine rings is 1. The molecule has 1 amide bonds. The van der Waals surface area contributed by atoms with Crippen LogP contribution >= 0.6 is 0 Å². The number of methoxy groups -OCH3 is 2. The molecule has 0 aliphatic carbocycles. The van der Waals surface area contributed by atoms with Crippen LogP contribution in [0.1, 0.15) is 28.6 Å². The molecule has 4 rings (SSSR count). The number of carbonyl (C=O) groups is 2. The maximum absolute atomic E-state index is 13.3. The Balaban J connectivity index is 1.68. The highest BCUT2D eigenvalue weighted by Gasteiger charge is 2.45. The third-order valence-electron chi connectivity index (χ3n) is 6.15. The molecule has 0 spiro atoms. The van der Waals surface area contributed by atoms with Gasteiger partial charge in [0, 0.05) is 18.5 Å². The number of rotatable bonds is 9. The number of benzene rings is 1. The lowest BCUT2D eigenvalue weighted by Gasteiger charge is -2.29. The SMILES string of the molecule is COc1ccc(OC)c([C@@H]2C(C(=O)c3ccco3)=C(O)C(=O)N2CCC[NH+]2CCOCC2)c1. The van der Waals surface area contributed by atoms with Gasteiger partial charge < -0.3 is 33.5 Å². The quantitative estimate of drug-likeness (QED) is 0.545. The molecule has 0 bridgehead atoms. The summed E-state index contributed by atoms with van der Waals surface area (Å²) < 4.78 is 21.6. The van der Waals surface area contributed by atoms with Gasteiger partial charge in [0.2, 0.25) is 5.78 Å². The van der Waals surface area contributed by atoms with Crippen LogP contribution in [0.3, 0.4) is 0 Å². The summed E-state index contributed by atoms with van der Waals surface area (Å²) in [5.41, 5.74) is 0.531. The van der Waals surface area contributed by atoms with Gasteiger partial charge in [0.05, 0.1) is 51.9 Å². The monoisotopic (exact) mass is 457 g/mol. The van der Waals surface area contributed by atoms with E-state index in [2.05, 4.69) is 0 Å². The van der Waals surface area contributed by atoms with Crippen LogP contribution in [0, 0.1) is 0 Å². The molecule has 2 N–H and O–H groups in total. The molecule has 1 aromatic heterocycles. The zero-order valence-electron chi connectivity index (χ0n) is 18.8. The normalized spacial score (nSPS) is 19.3. The van der Waals surface area contributed by atoms with E-state index >= 15 is 0 Å². The molecule has 2 aliphatic rings. The number of hydrogen-bond donors (Lipinski definition) is 2. The highest BCUT2D eigenvalue weighted by molar-refractivity contribution is 6.15. The number of quaternary nitrogens is 1. The van der Waals surface area contributed by atoms with E-state index in [9.17, 15) is 14.7 Å². The largest absolute Gasteiger partial charge is 0.503 e. The number of hydrogen-bond acceptors (Lipinski definition) is 7. The van der Waals surface area contributed by atoms with Gasteiger partial charge in [-0.05, 0) is 30.3 Å². The van der Waals surface area contributed by atoms with Crippen LogP contribution < -0.4 is 14.4 Å².